The minimum atomic E-state index is -0.0508. The maximum atomic E-state index is 9.35. The van der Waals surface area contributed by atoms with Crippen LogP contribution in [0.4, 0.5) is 0 Å². The largest absolute Gasteiger partial charge is 0.504 e. The minimum Gasteiger partial charge on any atom is -0.504 e. The third kappa shape index (κ3) is 2.19. The van der Waals surface area contributed by atoms with Crippen LogP contribution in [-0.2, 0) is 0 Å². The summed E-state index contributed by atoms with van der Waals surface area (Å²) in [5.74, 6) is 0.910. The molecule has 0 spiro atoms. The highest BCUT2D eigenvalue weighted by Gasteiger charge is 2.13. The van der Waals surface area contributed by atoms with E-state index in [0.717, 1.165) is 12.0 Å². The van der Waals surface area contributed by atoms with Crippen molar-refractivity contribution in [3.05, 3.63) is 23.8 Å². The standard InChI is InChI=1S/C12H18O2/c1-4-8(2)9(3)10-5-6-11(13)12(14)7-10/h5-9,13-14H,4H2,1-3H3. The van der Waals surface area contributed by atoms with Gasteiger partial charge in [0.15, 0.2) is 11.5 Å². The van der Waals surface area contributed by atoms with Crippen molar-refractivity contribution in [3.8, 4) is 11.5 Å². The molecule has 0 heterocycles. The molecule has 2 heteroatoms. The second kappa shape index (κ2) is 4.36. The molecular weight excluding hydrogens is 176 g/mol. The Morgan fingerprint density at radius 1 is 1.14 bits per heavy atom. The van der Waals surface area contributed by atoms with E-state index in [2.05, 4.69) is 20.8 Å². The lowest BCUT2D eigenvalue weighted by Crippen LogP contribution is -2.04. The van der Waals surface area contributed by atoms with Crippen molar-refractivity contribution in [1.82, 2.24) is 0 Å². The van der Waals surface area contributed by atoms with Crippen molar-refractivity contribution in [2.24, 2.45) is 5.92 Å². The zero-order chi connectivity index (χ0) is 10.7. The number of phenols is 2. The average molecular weight is 194 g/mol. The molecule has 1 aromatic rings. The number of phenolic OH excluding ortho intramolecular Hbond substituents is 2. The van der Waals surface area contributed by atoms with Crippen molar-refractivity contribution >= 4 is 0 Å². The highest BCUT2D eigenvalue weighted by molar-refractivity contribution is 5.41. The predicted octanol–water partition coefficient (Wildman–Crippen LogP) is 3.25. The van der Waals surface area contributed by atoms with Crippen molar-refractivity contribution in [2.45, 2.75) is 33.1 Å². The van der Waals surface area contributed by atoms with Gasteiger partial charge in [-0.05, 0) is 29.5 Å². The van der Waals surface area contributed by atoms with Gasteiger partial charge in [-0.1, -0.05) is 33.3 Å². The molecule has 2 nitrogen and oxygen atoms in total. The van der Waals surface area contributed by atoms with Crippen molar-refractivity contribution in [3.63, 3.8) is 0 Å². The Morgan fingerprint density at radius 3 is 2.29 bits per heavy atom. The summed E-state index contributed by atoms with van der Waals surface area (Å²) < 4.78 is 0. The molecule has 0 bridgehead atoms. The topological polar surface area (TPSA) is 40.5 Å². The number of hydrogen-bond donors (Lipinski definition) is 2. The van der Waals surface area contributed by atoms with E-state index in [1.54, 1.807) is 12.1 Å². The molecule has 0 saturated heterocycles. The molecule has 0 aromatic heterocycles. The van der Waals surface area contributed by atoms with E-state index in [9.17, 15) is 10.2 Å². The summed E-state index contributed by atoms with van der Waals surface area (Å²) in [5, 5.41) is 18.5. The molecule has 0 saturated carbocycles. The zero-order valence-electron chi connectivity index (χ0n) is 8.99. The van der Waals surface area contributed by atoms with Crippen molar-refractivity contribution in [1.29, 1.82) is 0 Å². The first-order valence-electron chi connectivity index (χ1n) is 5.08. The third-order valence-electron chi connectivity index (χ3n) is 3.02. The summed E-state index contributed by atoms with van der Waals surface area (Å²) in [6, 6.07) is 5.06. The lowest BCUT2D eigenvalue weighted by molar-refractivity contribution is 0.400. The SMILES string of the molecule is CCC(C)C(C)c1ccc(O)c(O)c1. The summed E-state index contributed by atoms with van der Waals surface area (Å²) in [6.07, 6.45) is 1.11. The predicted molar refractivity (Wildman–Crippen MR) is 57.6 cm³/mol. The molecule has 0 radical (unpaired) electrons. The Labute approximate surface area is 85.2 Å². The van der Waals surface area contributed by atoms with Gasteiger partial charge >= 0.3 is 0 Å². The fourth-order valence-corrected chi connectivity index (χ4v) is 1.51. The Morgan fingerprint density at radius 2 is 1.79 bits per heavy atom. The van der Waals surface area contributed by atoms with E-state index in [1.165, 1.54) is 0 Å². The highest BCUT2D eigenvalue weighted by atomic mass is 16.3. The van der Waals surface area contributed by atoms with Crippen LogP contribution < -0.4 is 0 Å². The first kappa shape index (κ1) is 10.9. The van der Waals surface area contributed by atoms with Crippen LogP contribution in [0.15, 0.2) is 18.2 Å². The number of aromatic hydroxyl groups is 2. The second-order valence-corrected chi connectivity index (χ2v) is 3.92. The van der Waals surface area contributed by atoms with Gasteiger partial charge in [0.05, 0.1) is 0 Å². The summed E-state index contributed by atoms with van der Waals surface area (Å²) in [4.78, 5) is 0. The van der Waals surface area contributed by atoms with Gasteiger partial charge in [-0.25, -0.2) is 0 Å². The van der Waals surface area contributed by atoms with Crippen LogP contribution in [-0.4, -0.2) is 10.2 Å². The first-order valence-corrected chi connectivity index (χ1v) is 5.08. The van der Waals surface area contributed by atoms with E-state index in [1.807, 2.05) is 6.07 Å². The van der Waals surface area contributed by atoms with E-state index in [0.29, 0.717) is 11.8 Å². The molecule has 78 valence electrons. The highest BCUT2D eigenvalue weighted by Crippen LogP contribution is 2.32. The van der Waals surface area contributed by atoms with E-state index < -0.39 is 0 Å². The van der Waals surface area contributed by atoms with Crippen LogP contribution >= 0.6 is 0 Å². The van der Waals surface area contributed by atoms with Crippen molar-refractivity contribution in [2.75, 3.05) is 0 Å². The number of rotatable bonds is 3. The van der Waals surface area contributed by atoms with Gasteiger partial charge in [-0.2, -0.15) is 0 Å². The molecule has 0 fully saturated rings. The molecule has 0 aliphatic carbocycles. The van der Waals surface area contributed by atoms with Crippen LogP contribution in [0, 0.1) is 5.92 Å². The molecule has 1 rings (SSSR count). The average Bonchev–Trinajstić information content (AvgIpc) is 2.20. The molecular formula is C12H18O2. The zero-order valence-corrected chi connectivity index (χ0v) is 8.99. The molecule has 2 unspecified atom stereocenters. The minimum absolute atomic E-state index is 0.0300. The molecule has 2 N–H and O–H groups in total. The maximum absolute atomic E-state index is 9.35. The van der Waals surface area contributed by atoms with E-state index >= 15 is 0 Å². The van der Waals surface area contributed by atoms with Gasteiger partial charge in [-0.3, -0.25) is 0 Å². The Hall–Kier alpha value is -1.18. The van der Waals surface area contributed by atoms with Gasteiger partial charge in [0.2, 0.25) is 0 Å². The van der Waals surface area contributed by atoms with Crippen LogP contribution in [0.3, 0.4) is 0 Å². The lowest BCUT2D eigenvalue weighted by Gasteiger charge is -2.18. The van der Waals surface area contributed by atoms with Gasteiger partial charge in [0.25, 0.3) is 0 Å². The molecule has 2 atom stereocenters. The van der Waals surface area contributed by atoms with Gasteiger partial charge in [0, 0.05) is 0 Å². The quantitative estimate of drug-likeness (QED) is 0.725. The normalized spacial score (nSPS) is 15.1. The van der Waals surface area contributed by atoms with Crippen LogP contribution in [0.5, 0.6) is 11.5 Å². The van der Waals surface area contributed by atoms with Crippen LogP contribution in [0.1, 0.15) is 38.7 Å². The monoisotopic (exact) mass is 194 g/mol. The lowest BCUT2D eigenvalue weighted by atomic mass is 9.87. The van der Waals surface area contributed by atoms with Gasteiger partial charge < -0.3 is 10.2 Å². The van der Waals surface area contributed by atoms with Gasteiger partial charge in [0.1, 0.15) is 0 Å². The molecule has 0 aliphatic heterocycles. The Bertz CT molecular complexity index is 307. The van der Waals surface area contributed by atoms with Crippen LogP contribution in [0.2, 0.25) is 0 Å². The fourth-order valence-electron chi connectivity index (χ4n) is 1.51. The molecule has 0 aliphatic rings. The van der Waals surface area contributed by atoms with Crippen molar-refractivity contribution < 1.29 is 10.2 Å². The first-order chi connectivity index (χ1) is 6.56. The summed E-state index contributed by atoms with van der Waals surface area (Å²) >= 11 is 0. The fraction of sp³-hybridized carbons (Fsp3) is 0.500. The van der Waals surface area contributed by atoms with E-state index in [-0.39, 0.29) is 11.5 Å². The third-order valence-corrected chi connectivity index (χ3v) is 3.02. The van der Waals surface area contributed by atoms with Crippen LogP contribution in [0.25, 0.3) is 0 Å². The molecule has 1 aromatic carbocycles. The Balaban J connectivity index is 2.91. The molecule has 0 amide bonds. The molecule has 14 heavy (non-hydrogen) atoms. The smallest absolute Gasteiger partial charge is 0.157 e. The summed E-state index contributed by atoms with van der Waals surface area (Å²) in [5.41, 5.74) is 1.08. The number of hydrogen-bond acceptors (Lipinski definition) is 2. The summed E-state index contributed by atoms with van der Waals surface area (Å²) in [7, 11) is 0. The maximum Gasteiger partial charge on any atom is 0.157 e. The van der Waals surface area contributed by atoms with E-state index in [4.69, 9.17) is 0 Å². The summed E-state index contributed by atoms with van der Waals surface area (Å²) in [6.45, 7) is 6.48. The number of benzene rings is 1. The second-order valence-electron chi connectivity index (χ2n) is 3.92. The van der Waals surface area contributed by atoms with Gasteiger partial charge in [-0.15, -0.1) is 0 Å². The Kier molecular flexibility index (Phi) is 3.39.